The molecular formula is C19H19Cl2N3O4. The normalized spacial score (nSPS) is 18.8. The van der Waals surface area contributed by atoms with E-state index < -0.39 is 29.9 Å². The SMILES string of the molecule is C#CCNC(=O)[C@@H]1C=C[C@H](NC(=O)C(OC)C(=O)Nc2cc(Cl)cc(Cl)c2)C1. The summed E-state index contributed by atoms with van der Waals surface area (Å²) >= 11 is 11.8. The number of nitrogens with one attached hydrogen (secondary N) is 3. The van der Waals surface area contributed by atoms with Crippen LogP contribution in [-0.4, -0.2) is 43.5 Å². The number of carbonyl (C=O) groups excluding carboxylic acids is 3. The maximum Gasteiger partial charge on any atom is 0.263 e. The summed E-state index contributed by atoms with van der Waals surface area (Å²) in [6.45, 7) is 0.139. The molecule has 1 aromatic carbocycles. The molecule has 0 aromatic heterocycles. The van der Waals surface area contributed by atoms with Gasteiger partial charge in [0.25, 0.3) is 11.8 Å². The molecule has 7 nitrogen and oxygen atoms in total. The van der Waals surface area contributed by atoms with Crippen LogP contribution in [0.1, 0.15) is 6.42 Å². The van der Waals surface area contributed by atoms with Crippen LogP contribution in [0.25, 0.3) is 0 Å². The van der Waals surface area contributed by atoms with Crippen molar-refractivity contribution in [2.75, 3.05) is 19.0 Å². The Morgan fingerprint density at radius 3 is 2.50 bits per heavy atom. The van der Waals surface area contributed by atoms with E-state index in [2.05, 4.69) is 21.9 Å². The third-order valence-corrected chi connectivity index (χ3v) is 4.39. The van der Waals surface area contributed by atoms with Crippen molar-refractivity contribution in [3.05, 3.63) is 40.4 Å². The number of hydrogen-bond acceptors (Lipinski definition) is 4. The Hall–Kier alpha value is -2.53. The molecule has 2 rings (SSSR count). The maximum absolute atomic E-state index is 12.4. The van der Waals surface area contributed by atoms with Crippen LogP contribution in [0.5, 0.6) is 0 Å². The van der Waals surface area contributed by atoms with E-state index in [9.17, 15) is 14.4 Å². The number of rotatable bonds is 7. The Morgan fingerprint density at radius 1 is 1.21 bits per heavy atom. The smallest absolute Gasteiger partial charge is 0.263 e. The molecule has 0 saturated heterocycles. The minimum Gasteiger partial charge on any atom is -0.362 e. The molecule has 3 amide bonds. The van der Waals surface area contributed by atoms with E-state index in [-0.39, 0.29) is 12.5 Å². The van der Waals surface area contributed by atoms with Crippen LogP contribution in [0.4, 0.5) is 5.69 Å². The zero-order valence-corrected chi connectivity index (χ0v) is 16.5. The number of ether oxygens (including phenoxy) is 1. The van der Waals surface area contributed by atoms with Gasteiger partial charge in [-0.15, -0.1) is 6.42 Å². The average molecular weight is 424 g/mol. The van der Waals surface area contributed by atoms with Crippen molar-refractivity contribution in [3.63, 3.8) is 0 Å². The second-order valence-corrected chi connectivity index (χ2v) is 6.90. The van der Waals surface area contributed by atoms with Gasteiger partial charge < -0.3 is 20.7 Å². The molecule has 9 heteroatoms. The lowest BCUT2D eigenvalue weighted by atomic mass is 10.1. The van der Waals surface area contributed by atoms with E-state index in [0.717, 1.165) is 0 Å². The third-order valence-electron chi connectivity index (χ3n) is 3.95. The highest BCUT2D eigenvalue weighted by Crippen LogP contribution is 2.23. The van der Waals surface area contributed by atoms with Crippen molar-refractivity contribution < 1.29 is 19.1 Å². The van der Waals surface area contributed by atoms with Crippen LogP contribution in [-0.2, 0) is 19.1 Å². The molecule has 0 radical (unpaired) electrons. The number of methoxy groups -OCH3 is 1. The molecule has 1 aromatic rings. The van der Waals surface area contributed by atoms with Gasteiger partial charge in [-0.05, 0) is 24.6 Å². The first-order valence-corrected chi connectivity index (χ1v) is 9.09. The molecule has 0 fully saturated rings. The lowest BCUT2D eigenvalue weighted by Crippen LogP contribution is -2.47. The summed E-state index contributed by atoms with van der Waals surface area (Å²) in [5.74, 6) is 0.396. The summed E-state index contributed by atoms with van der Waals surface area (Å²) < 4.78 is 5.03. The van der Waals surface area contributed by atoms with Gasteiger partial charge in [-0.25, -0.2) is 0 Å². The average Bonchev–Trinajstić information content (AvgIpc) is 3.07. The number of anilines is 1. The first-order valence-electron chi connectivity index (χ1n) is 8.33. The van der Waals surface area contributed by atoms with E-state index >= 15 is 0 Å². The summed E-state index contributed by atoms with van der Waals surface area (Å²) in [5.41, 5.74) is 0.336. The van der Waals surface area contributed by atoms with Crippen LogP contribution >= 0.6 is 23.2 Å². The van der Waals surface area contributed by atoms with Crippen LogP contribution in [0.3, 0.4) is 0 Å². The number of hydrogen-bond donors (Lipinski definition) is 3. The van der Waals surface area contributed by atoms with Crippen molar-refractivity contribution in [3.8, 4) is 12.3 Å². The second kappa shape index (κ2) is 10.1. The number of carbonyl (C=O) groups is 3. The molecule has 3 atom stereocenters. The highest BCUT2D eigenvalue weighted by atomic mass is 35.5. The van der Waals surface area contributed by atoms with Crippen LogP contribution in [0, 0.1) is 18.3 Å². The Kier molecular flexibility index (Phi) is 7.88. The lowest BCUT2D eigenvalue weighted by molar-refractivity contribution is -0.140. The molecule has 0 heterocycles. The summed E-state index contributed by atoms with van der Waals surface area (Å²) in [7, 11) is 1.25. The first-order chi connectivity index (χ1) is 13.3. The van der Waals surface area contributed by atoms with E-state index in [4.69, 9.17) is 34.4 Å². The minimum atomic E-state index is -1.39. The predicted molar refractivity (Wildman–Crippen MR) is 107 cm³/mol. The Labute approximate surface area is 172 Å². The molecule has 1 aliphatic carbocycles. The molecule has 1 aliphatic rings. The molecule has 0 bridgehead atoms. The largest absolute Gasteiger partial charge is 0.362 e. The van der Waals surface area contributed by atoms with Crippen LogP contribution in [0.2, 0.25) is 10.0 Å². The van der Waals surface area contributed by atoms with Gasteiger partial charge in [0.05, 0.1) is 12.5 Å². The molecule has 3 N–H and O–H groups in total. The van der Waals surface area contributed by atoms with Gasteiger partial charge in [-0.3, -0.25) is 14.4 Å². The molecule has 0 spiro atoms. The van der Waals surface area contributed by atoms with Gasteiger partial charge in [0.15, 0.2) is 0 Å². The number of halogens is 2. The van der Waals surface area contributed by atoms with Crippen molar-refractivity contribution in [2.45, 2.75) is 18.6 Å². The van der Waals surface area contributed by atoms with Crippen molar-refractivity contribution in [1.29, 1.82) is 0 Å². The number of benzene rings is 1. The van der Waals surface area contributed by atoms with E-state index in [1.807, 2.05) is 0 Å². The van der Waals surface area contributed by atoms with Gasteiger partial charge in [-0.1, -0.05) is 41.3 Å². The van der Waals surface area contributed by atoms with Crippen LogP contribution < -0.4 is 16.0 Å². The minimum absolute atomic E-state index is 0.139. The summed E-state index contributed by atoms with van der Waals surface area (Å²) in [4.78, 5) is 36.7. The fourth-order valence-corrected chi connectivity index (χ4v) is 3.22. The summed E-state index contributed by atoms with van der Waals surface area (Å²) in [6, 6.07) is 4.10. The molecule has 28 heavy (non-hydrogen) atoms. The Morgan fingerprint density at radius 2 is 1.89 bits per heavy atom. The highest BCUT2D eigenvalue weighted by molar-refractivity contribution is 6.35. The van der Waals surface area contributed by atoms with E-state index in [1.165, 1.54) is 25.3 Å². The van der Waals surface area contributed by atoms with Gasteiger partial charge in [0.1, 0.15) is 0 Å². The van der Waals surface area contributed by atoms with Gasteiger partial charge in [0, 0.05) is 28.9 Å². The fourth-order valence-electron chi connectivity index (χ4n) is 2.70. The molecular weight excluding hydrogens is 405 g/mol. The number of terminal acetylenes is 1. The van der Waals surface area contributed by atoms with Crippen LogP contribution in [0.15, 0.2) is 30.4 Å². The maximum atomic E-state index is 12.4. The second-order valence-electron chi connectivity index (χ2n) is 6.03. The van der Waals surface area contributed by atoms with Gasteiger partial charge in [0.2, 0.25) is 12.0 Å². The van der Waals surface area contributed by atoms with Crippen molar-refractivity contribution >= 4 is 46.6 Å². The van der Waals surface area contributed by atoms with E-state index in [1.54, 1.807) is 12.2 Å². The molecule has 0 saturated carbocycles. The lowest BCUT2D eigenvalue weighted by Gasteiger charge is -2.18. The summed E-state index contributed by atoms with van der Waals surface area (Å²) in [5, 5.41) is 8.48. The molecule has 0 aliphatic heterocycles. The summed E-state index contributed by atoms with van der Waals surface area (Å²) in [6.07, 6.45) is 7.47. The molecule has 1 unspecified atom stereocenters. The zero-order valence-electron chi connectivity index (χ0n) is 15.0. The first kappa shape index (κ1) is 21.8. The molecule has 148 valence electrons. The van der Waals surface area contributed by atoms with Gasteiger partial charge >= 0.3 is 0 Å². The fraction of sp³-hybridized carbons (Fsp3) is 0.316. The standard InChI is InChI=1S/C19H19Cl2N3O4/c1-3-6-22-17(25)11-4-5-14(7-11)23-18(26)16(28-2)19(27)24-15-9-12(20)8-13(21)10-15/h1,4-5,8-11,14,16H,6-7H2,2H3,(H,22,25)(H,23,26)(H,24,27)/t11-,14+,16?/m1/s1. The predicted octanol–water partition coefficient (Wildman–Crippen LogP) is 1.76. The Bertz CT molecular complexity index is 815. The Balaban J connectivity index is 1.93. The quantitative estimate of drug-likeness (QED) is 0.353. The van der Waals surface area contributed by atoms with E-state index in [0.29, 0.717) is 22.2 Å². The highest BCUT2D eigenvalue weighted by Gasteiger charge is 2.31. The zero-order chi connectivity index (χ0) is 20.7. The monoisotopic (exact) mass is 423 g/mol. The van der Waals surface area contributed by atoms with Crippen molar-refractivity contribution in [1.82, 2.24) is 10.6 Å². The third kappa shape index (κ3) is 5.99. The van der Waals surface area contributed by atoms with Gasteiger partial charge in [-0.2, -0.15) is 0 Å². The topological polar surface area (TPSA) is 96.5 Å². The van der Waals surface area contributed by atoms with Crippen molar-refractivity contribution in [2.24, 2.45) is 5.92 Å². The number of amides is 3.